The summed E-state index contributed by atoms with van der Waals surface area (Å²) >= 11 is 3.65. The molecule has 1 aromatic heterocycles. The van der Waals surface area contributed by atoms with Crippen molar-refractivity contribution in [2.24, 2.45) is 0 Å². The molecule has 2 nitrogen and oxygen atoms in total. The van der Waals surface area contributed by atoms with Gasteiger partial charge in [-0.3, -0.25) is 0 Å². The van der Waals surface area contributed by atoms with Crippen molar-refractivity contribution in [3.8, 4) is 11.4 Å². The van der Waals surface area contributed by atoms with Crippen molar-refractivity contribution >= 4 is 27.0 Å². The monoisotopic (exact) mass is 314 g/mol. The van der Waals surface area contributed by atoms with Crippen LogP contribution >= 0.6 is 15.9 Å². The van der Waals surface area contributed by atoms with E-state index in [0.29, 0.717) is 0 Å². The van der Waals surface area contributed by atoms with Gasteiger partial charge in [0.25, 0.3) is 0 Å². The first-order valence-corrected chi connectivity index (χ1v) is 7.08. The second-order valence-electron chi connectivity index (χ2n) is 5.00. The molecule has 0 aliphatic carbocycles. The molecule has 0 saturated heterocycles. The SMILES string of the molecule is Cc1cc(C)c2nc(-c3cccc(C)c3Br)[nH]c2c1. The van der Waals surface area contributed by atoms with E-state index >= 15 is 0 Å². The Labute approximate surface area is 121 Å². The Morgan fingerprint density at radius 3 is 2.63 bits per heavy atom. The van der Waals surface area contributed by atoms with Crippen molar-refractivity contribution in [2.45, 2.75) is 20.8 Å². The number of aromatic nitrogens is 2. The third-order valence-electron chi connectivity index (χ3n) is 3.37. The van der Waals surface area contributed by atoms with E-state index in [1.807, 2.05) is 0 Å². The van der Waals surface area contributed by atoms with Crippen LogP contribution in [0.1, 0.15) is 16.7 Å². The van der Waals surface area contributed by atoms with E-state index in [2.05, 4.69) is 72.0 Å². The molecule has 0 bridgehead atoms. The molecule has 3 rings (SSSR count). The van der Waals surface area contributed by atoms with Crippen molar-refractivity contribution < 1.29 is 0 Å². The molecule has 19 heavy (non-hydrogen) atoms. The molecular weight excluding hydrogens is 300 g/mol. The lowest BCUT2D eigenvalue weighted by Crippen LogP contribution is -1.85. The molecule has 0 atom stereocenters. The first-order valence-electron chi connectivity index (χ1n) is 6.28. The van der Waals surface area contributed by atoms with E-state index in [-0.39, 0.29) is 0 Å². The minimum Gasteiger partial charge on any atom is -0.338 e. The Kier molecular flexibility index (Phi) is 2.94. The second kappa shape index (κ2) is 4.49. The number of rotatable bonds is 1. The van der Waals surface area contributed by atoms with Gasteiger partial charge in [0.1, 0.15) is 5.82 Å². The normalized spacial score (nSPS) is 11.2. The van der Waals surface area contributed by atoms with Gasteiger partial charge in [-0.05, 0) is 59.5 Å². The van der Waals surface area contributed by atoms with Gasteiger partial charge >= 0.3 is 0 Å². The molecule has 3 aromatic rings. The van der Waals surface area contributed by atoms with Crippen LogP contribution in [0.2, 0.25) is 0 Å². The highest BCUT2D eigenvalue weighted by Gasteiger charge is 2.11. The van der Waals surface area contributed by atoms with Crippen LogP contribution in [0, 0.1) is 20.8 Å². The number of halogens is 1. The van der Waals surface area contributed by atoms with Gasteiger partial charge < -0.3 is 4.98 Å². The summed E-state index contributed by atoms with van der Waals surface area (Å²) < 4.78 is 1.10. The molecule has 0 aliphatic rings. The molecule has 1 heterocycles. The fourth-order valence-electron chi connectivity index (χ4n) is 2.43. The summed E-state index contributed by atoms with van der Waals surface area (Å²) in [5.41, 5.74) is 6.93. The summed E-state index contributed by atoms with van der Waals surface area (Å²) in [5, 5.41) is 0. The first-order chi connectivity index (χ1) is 9.06. The maximum Gasteiger partial charge on any atom is 0.139 e. The molecular formula is C16H15BrN2. The zero-order valence-corrected chi connectivity index (χ0v) is 12.8. The lowest BCUT2D eigenvalue weighted by atomic mass is 10.1. The summed E-state index contributed by atoms with van der Waals surface area (Å²) in [6.45, 7) is 6.30. The fourth-order valence-corrected chi connectivity index (χ4v) is 2.88. The van der Waals surface area contributed by atoms with Gasteiger partial charge in [-0.2, -0.15) is 0 Å². The van der Waals surface area contributed by atoms with E-state index in [4.69, 9.17) is 4.98 Å². The van der Waals surface area contributed by atoms with Gasteiger partial charge in [0.15, 0.2) is 0 Å². The van der Waals surface area contributed by atoms with E-state index in [1.165, 1.54) is 16.7 Å². The number of aromatic amines is 1. The molecule has 0 amide bonds. The molecule has 0 saturated carbocycles. The molecule has 1 N–H and O–H groups in total. The van der Waals surface area contributed by atoms with Crippen LogP contribution in [0.25, 0.3) is 22.4 Å². The fraction of sp³-hybridized carbons (Fsp3) is 0.188. The summed E-state index contributed by atoms with van der Waals surface area (Å²) in [6, 6.07) is 10.5. The summed E-state index contributed by atoms with van der Waals surface area (Å²) in [6.07, 6.45) is 0. The van der Waals surface area contributed by atoms with Gasteiger partial charge in [-0.25, -0.2) is 4.98 Å². The smallest absolute Gasteiger partial charge is 0.139 e. The number of nitrogens with zero attached hydrogens (tertiary/aromatic N) is 1. The number of H-pyrrole nitrogens is 1. The van der Waals surface area contributed by atoms with Crippen LogP contribution in [-0.2, 0) is 0 Å². The summed E-state index contributed by atoms with van der Waals surface area (Å²) in [7, 11) is 0. The minimum atomic E-state index is 0.916. The zero-order chi connectivity index (χ0) is 13.6. The number of aryl methyl sites for hydroxylation is 3. The Morgan fingerprint density at radius 1 is 1.05 bits per heavy atom. The van der Waals surface area contributed by atoms with E-state index in [0.717, 1.165) is 26.9 Å². The predicted molar refractivity (Wildman–Crippen MR) is 83.4 cm³/mol. The summed E-state index contributed by atoms with van der Waals surface area (Å²) in [4.78, 5) is 8.16. The van der Waals surface area contributed by atoms with Crippen LogP contribution in [-0.4, -0.2) is 9.97 Å². The van der Waals surface area contributed by atoms with E-state index in [1.54, 1.807) is 0 Å². The molecule has 3 heteroatoms. The molecule has 2 aromatic carbocycles. The number of hydrogen-bond acceptors (Lipinski definition) is 1. The molecule has 0 spiro atoms. The predicted octanol–water partition coefficient (Wildman–Crippen LogP) is 4.92. The second-order valence-corrected chi connectivity index (χ2v) is 5.79. The molecule has 0 aliphatic heterocycles. The van der Waals surface area contributed by atoms with Crippen molar-refractivity contribution in [1.29, 1.82) is 0 Å². The molecule has 96 valence electrons. The van der Waals surface area contributed by atoms with Crippen molar-refractivity contribution in [1.82, 2.24) is 9.97 Å². The number of fused-ring (bicyclic) bond motifs is 1. The molecule has 0 radical (unpaired) electrons. The zero-order valence-electron chi connectivity index (χ0n) is 11.2. The van der Waals surface area contributed by atoms with Gasteiger partial charge in [0, 0.05) is 10.0 Å². The highest BCUT2D eigenvalue weighted by Crippen LogP contribution is 2.31. The maximum absolute atomic E-state index is 4.74. The van der Waals surface area contributed by atoms with Crippen molar-refractivity contribution in [3.05, 3.63) is 51.5 Å². The standard InChI is InChI=1S/C16H15BrN2/c1-9-7-11(3)15-13(8-9)18-16(19-15)12-6-4-5-10(2)14(12)17/h4-8H,1-3H3,(H,18,19). The molecule has 0 unspecified atom stereocenters. The first kappa shape index (κ1) is 12.4. The van der Waals surface area contributed by atoms with Crippen LogP contribution in [0.5, 0.6) is 0 Å². The Bertz CT molecular complexity index is 772. The van der Waals surface area contributed by atoms with Gasteiger partial charge in [0.2, 0.25) is 0 Å². The lowest BCUT2D eigenvalue weighted by Gasteiger charge is -2.03. The number of benzene rings is 2. The lowest BCUT2D eigenvalue weighted by molar-refractivity contribution is 1.30. The van der Waals surface area contributed by atoms with E-state index < -0.39 is 0 Å². The quantitative estimate of drug-likeness (QED) is 0.678. The number of hydrogen-bond donors (Lipinski definition) is 1. The van der Waals surface area contributed by atoms with Crippen LogP contribution < -0.4 is 0 Å². The third kappa shape index (κ3) is 2.08. The average molecular weight is 315 g/mol. The van der Waals surface area contributed by atoms with E-state index in [9.17, 15) is 0 Å². The van der Waals surface area contributed by atoms with Crippen molar-refractivity contribution in [3.63, 3.8) is 0 Å². The number of nitrogens with one attached hydrogen (secondary N) is 1. The highest BCUT2D eigenvalue weighted by molar-refractivity contribution is 9.10. The summed E-state index contributed by atoms with van der Waals surface area (Å²) in [5.74, 6) is 0.916. The Hall–Kier alpha value is -1.61. The van der Waals surface area contributed by atoms with Gasteiger partial charge in [-0.15, -0.1) is 0 Å². The van der Waals surface area contributed by atoms with Crippen LogP contribution in [0.15, 0.2) is 34.8 Å². The van der Waals surface area contributed by atoms with Gasteiger partial charge in [0.05, 0.1) is 11.0 Å². The number of imidazole rings is 1. The topological polar surface area (TPSA) is 28.7 Å². The molecule has 0 fully saturated rings. The average Bonchev–Trinajstić information content (AvgIpc) is 2.76. The third-order valence-corrected chi connectivity index (χ3v) is 4.42. The van der Waals surface area contributed by atoms with Crippen molar-refractivity contribution in [2.75, 3.05) is 0 Å². The maximum atomic E-state index is 4.74. The minimum absolute atomic E-state index is 0.916. The van der Waals surface area contributed by atoms with Crippen LogP contribution in [0.4, 0.5) is 0 Å². The van der Waals surface area contributed by atoms with Gasteiger partial charge in [-0.1, -0.05) is 24.3 Å². The highest BCUT2D eigenvalue weighted by atomic mass is 79.9. The van der Waals surface area contributed by atoms with Crippen LogP contribution in [0.3, 0.4) is 0 Å². The Morgan fingerprint density at radius 2 is 1.84 bits per heavy atom. The largest absolute Gasteiger partial charge is 0.338 e. The Balaban J connectivity index is 2.26.